The van der Waals surface area contributed by atoms with E-state index in [1.54, 1.807) is 12.1 Å². The highest BCUT2D eigenvalue weighted by molar-refractivity contribution is 5.81. The molecule has 112 valence electrons. The summed E-state index contributed by atoms with van der Waals surface area (Å²) >= 11 is 0. The van der Waals surface area contributed by atoms with Crippen molar-refractivity contribution in [3.05, 3.63) is 39.9 Å². The van der Waals surface area contributed by atoms with E-state index in [0.29, 0.717) is 12.5 Å². The minimum Gasteiger partial charge on any atom is -0.322 e. The summed E-state index contributed by atoms with van der Waals surface area (Å²) in [6, 6.07) is 6.45. The minimum absolute atomic E-state index is 0.0745. The third kappa shape index (κ3) is 2.90. The Balaban J connectivity index is 1.75. The Morgan fingerprint density at radius 2 is 1.90 bits per heavy atom. The van der Waals surface area contributed by atoms with Crippen molar-refractivity contribution in [2.75, 3.05) is 13.1 Å². The Morgan fingerprint density at radius 3 is 2.52 bits per heavy atom. The molecule has 1 amide bonds. The van der Waals surface area contributed by atoms with Crippen LogP contribution in [-0.2, 0) is 4.79 Å². The molecule has 6 heteroatoms. The zero-order valence-electron chi connectivity index (χ0n) is 11.8. The SMILES string of the molecule is O=C1CNC(c2ccc([N+](=O)[O-])cc2)N1CC1CCCC1. The lowest BCUT2D eigenvalue weighted by atomic mass is 10.1. The Labute approximate surface area is 123 Å². The first kappa shape index (κ1) is 14.0. The molecule has 0 spiro atoms. The summed E-state index contributed by atoms with van der Waals surface area (Å²) in [5.41, 5.74) is 0.981. The molecule has 1 unspecified atom stereocenters. The predicted octanol–water partition coefficient (Wildman–Crippen LogP) is 2.22. The van der Waals surface area contributed by atoms with Crippen LogP contribution in [0.4, 0.5) is 5.69 Å². The van der Waals surface area contributed by atoms with Crippen LogP contribution < -0.4 is 5.32 Å². The molecule has 1 aromatic carbocycles. The number of carbonyl (C=O) groups excluding carboxylic acids is 1. The van der Waals surface area contributed by atoms with Crippen LogP contribution in [0.5, 0.6) is 0 Å². The van der Waals surface area contributed by atoms with E-state index in [9.17, 15) is 14.9 Å². The Kier molecular flexibility index (Phi) is 3.88. The van der Waals surface area contributed by atoms with E-state index >= 15 is 0 Å². The molecule has 1 atom stereocenters. The van der Waals surface area contributed by atoms with Crippen LogP contribution in [0.3, 0.4) is 0 Å². The first-order valence-corrected chi connectivity index (χ1v) is 7.42. The fourth-order valence-corrected chi connectivity index (χ4v) is 3.29. The quantitative estimate of drug-likeness (QED) is 0.681. The highest BCUT2D eigenvalue weighted by Gasteiger charge is 2.33. The lowest BCUT2D eigenvalue weighted by molar-refractivity contribution is -0.384. The van der Waals surface area contributed by atoms with Crippen molar-refractivity contribution < 1.29 is 9.72 Å². The van der Waals surface area contributed by atoms with Gasteiger partial charge in [-0.05, 0) is 36.5 Å². The Hall–Kier alpha value is -1.95. The average Bonchev–Trinajstić information content (AvgIpc) is 3.11. The van der Waals surface area contributed by atoms with Crippen molar-refractivity contribution >= 4 is 11.6 Å². The van der Waals surface area contributed by atoms with E-state index in [2.05, 4.69) is 5.32 Å². The summed E-state index contributed by atoms with van der Waals surface area (Å²) < 4.78 is 0. The number of rotatable bonds is 4. The summed E-state index contributed by atoms with van der Waals surface area (Å²) in [5, 5.41) is 13.9. The molecular formula is C15H19N3O3. The summed E-state index contributed by atoms with van der Waals surface area (Å²) in [7, 11) is 0. The van der Waals surface area contributed by atoms with Crippen LogP contribution in [0, 0.1) is 16.0 Å². The van der Waals surface area contributed by atoms with E-state index in [1.807, 2.05) is 4.90 Å². The van der Waals surface area contributed by atoms with Gasteiger partial charge in [-0.25, -0.2) is 0 Å². The maximum atomic E-state index is 12.1. The third-order valence-electron chi connectivity index (χ3n) is 4.43. The number of hydrogen-bond acceptors (Lipinski definition) is 4. The van der Waals surface area contributed by atoms with Crippen LogP contribution in [0.2, 0.25) is 0 Å². The highest BCUT2D eigenvalue weighted by Crippen LogP contribution is 2.30. The smallest absolute Gasteiger partial charge is 0.269 e. The number of nitro benzene ring substituents is 1. The van der Waals surface area contributed by atoms with Gasteiger partial charge < -0.3 is 4.90 Å². The normalized spacial score (nSPS) is 23.0. The molecule has 1 saturated heterocycles. The van der Waals surface area contributed by atoms with E-state index in [-0.39, 0.29) is 17.8 Å². The number of nitrogens with zero attached hydrogens (tertiary/aromatic N) is 2. The summed E-state index contributed by atoms with van der Waals surface area (Å²) in [6.45, 7) is 1.13. The van der Waals surface area contributed by atoms with Crippen molar-refractivity contribution in [3.63, 3.8) is 0 Å². The van der Waals surface area contributed by atoms with Gasteiger partial charge in [0.15, 0.2) is 0 Å². The molecule has 1 aliphatic heterocycles. The van der Waals surface area contributed by atoms with Gasteiger partial charge in [0.25, 0.3) is 5.69 Å². The maximum absolute atomic E-state index is 12.1. The van der Waals surface area contributed by atoms with Gasteiger partial charge in [0.1, 0.15) is 6.17 Å². The third-order valence-corrected chi connectivity index (χ3v) is 4.43. The molecular weight excluding hydrogens is 270 g/mol. The van der Waals surface area contributed by atoms with E-state index in [4.69, 9.17) is 0 Å². The number of nitro groups is 1. The van der Waals surface area contributed by atoms with Gasteiger partial charge in [0.05, 0.1) is 11.5 Å². The standard InChI is InChI=1S/C15H19N3O3/c19-14-9-16-15(17(14)10-11-3-1-2-4-11)12-5-7-13(8-6-12)18(20)21/h5-8,11,15-16H,1-4,9-10H2. The number of carbonyl (C=O) groups is 1. The molecule has 3 rings (SSSR count). The average molecular weight is 289 g/mol. The molecule has 21 heavy (non-hydrogen) atoms. The minimum atomic E-state index is -0.409. The largest absolute Gasteiger partial charge is 0.322 e. The molecule has 1 heterocycles. The van der Waals surface area contributed by atoms with Gasteiger partial charge in [-0.3, -0.25) is 20.2 Å². The molecule has 2 fully saturated rings. The molecule has 1 aromatic rings. The second-order valence-corrected chi connectivity index (χ2v) is 5.83. The number of non-ortho nitro benzene ring substituents is 1. The fourth-order valence-electron chi connectivity index (χ4n) is 3.29. The second kappa shape index (κ2) is 5.81. The molecule has 0 radical (unpaired) electrons. The Bertz CT molecular complexity index is 538. The monoisotopic (exact) mass is 289 g/mol. The van der Waals surface area contributed by atoms with Gasteiger partial charge >= 0.3 is 0 Å². The maximum Gasteiger partial charge on any atom is 0.269 e. The van der Waals surface area contributed by atoms with E-state index in [0.717, 1.165) is 12.1 Å². The molecule has 0 aromatic heterocycles. The van der Waals surface area contributed by atoms with Crippen LogP contribution >= 0.6 is 0 Å². The van der Waals surface area contributed by atoms with E-state index in [1.165, 1.54) is 37.8 Å². The molecule has 1 N–H and O–H groups in total. The first-order chi connectivity index (χ1) is 10.1. The fraction of sp³-hybridized carbons (Fsp3) is 0.533. The van der Waals surface area contributed by atoms with Crippen molar-refractivity contribution in [3.8, 4) is 0 Å². The van der Waals surface area contributed by atoms with Gasteiger partial charge in [0, 0.05) is 18.7 Å². The lowest BCUT2D eigenvalue weighted by Crippen LogP contribution is -2.34. The van der Waals surface area contributed by atoms with Gasteiger partial charge in [-0.1, -0.05) is 12.8 Å². The number of benzene rings is 1. The molecule has 1 saturated carbocycles. The first-order valence-electron chi connectivity index (χ1n) is 7.42. The van der Waals surface area contributed by atoms with Crippen molar-refractivity contribution in [2.24, 2.45) is 5.92 Å². The van der Waals surface area contributed by atoms with Crippen molar-refractivity contribution in [1.29, 1.82) is 0 Å². The number of nitrogens with one attached hydrogen (secondary N) is 1. The second-order valence-electron chi connectivity index (χ2n) is 5.83. The van der Waals surface area contributed by atoms with Gasteiger partial charge in [-0.2, -0.15) is 0 Å². The van der Waals surface area contributed by atoms with Crippen molar-refractivity contribution in [1.82, 2.24) is 10.2 Å². The number of hydrogen-bond donors (Lipinski definition) is 1. The van der Waals surface area contributed by atoms with Crippen LogP contribution in [0.15, 0.2) is 24.3 Å². The van der Waals surface area contributed by atoms with Crippen molar-refractivity contribution in [2.45, 2.75) is 31.8 Å². The van der Waals surface area contributed by atoms with Gasteiger partial charge in [-0.15, -0.1) is 0 Å². The molecule has 6 nitrogen and oxygen atoms in total. The van der Waals surface area contributed by atoms with Crippen LogP contribution in [-0.4, -0.2) is 28.8 Å². The zero-order valence-corrected chi connectivity index (χ0v) is 11.8. The van der Waals surface area contributed by atoms with Crippen LogP contribution in [0.25, 0.3) is 0 Å². The summed E-state index contributed by atoms with van der Waals surface area (Å²) in [6.07, 6.45) is 4.73. The van der Waals surface area contributed by atoms with E-state index < -0.39 is 4.92 Å². The molecule has 0 bridgehead atoms. The molecule has 1 aliphatic carbocycles. The lowest BCUT2D eigenvalue weighted by Gasteiger charge is -2.27. The van der Waals surface area contributed by atoms with Gasteiger partial charge in [0.2, 0.25) is 5.91 Å². The summed E-state index contributed by atoms with van der Waals surface area (Å²) in [5.74, 6) is 0.708. The summed E-state index contributed by atoms with van der Waals surface area (Å²) in [4.78, 5) is 24.3. The number of amides is 1. The predicted molar refractivity (Wildman–Crippen MR) is 77.5 cm³/mol. The highest BCUT2D eigenvalue weighted by atomic mass is 16.6. The molecule has 2 aliphatic rings. The zero-order chi connectivity index (χ0) is 14.8. The topological polar surface area (TPSA) is 75.5 Å². The Morgan fingerprint density at radius 1 is 1.24 bits per heavy atom. The van der Waals surface area contributed by atoms with Crippen LogP contribution in [0.1, 0.15) is 37.4 Å².